The highest BCUT2D eigenvalue weighted by atomic mass is 35.5. The Hall–Kier alpha value is -0.440. The van der Waals surface area contributed by atoms with E-state index in [9.17, 15) is 0 Å². The number of fused-ring (bicyclic) bond motifs is 1. The second-order valence-corrected chi connectivity index (χ2v) is 6.97. The van der Waals surface area contributed by atoms with Gasteiger partial charge < -0.3 is 10.1 Å². The predicted molar refractivity (Wildman–Crippen MR) is 83.9 cm³/mol. The highest BCUT2D eigenvalue weighted by Crippen LogP contribution is 2.40. The third kappa shape index (κ3) is 3.08. The summed E-state index contributed by atoms with van der Waals surface area (Å²) in [6.07, 6.45) is 6.20. The highest BCUT2D eigenvalue weighted by molar-refractivity contribution is 6.35. The van der Waals surface area contributed by atoms with E-state index in [2.05, 4.69) is 12.2 Å². The fourth-order valence-electron chi connectivity index (χ4n) is 3.47. The van der Waals surface area contributed by atoms with E-state index >= 15 is 0 Å². The average Bonchev–Trinajstić information content (AvgIpc) is 2.40. The van der Waals surface area contributed by atoms with Crippen molar-refractivity contribution in [3.05, 3.63) is 27.7 Å². The van der Waals surface area contributed by atoms with Crippen molar-refractivity contribution in [1.29, 1.82) is 0 Å². The number of ether oxygens (including phenoxy) is 1. The Kier molecular flexibility index (Phi) is 4.44. The molecule has 0 amide bonds. The number of hydrogen-bond acceptors (Lipinski definition) is 2. The lowest BCUT2D eigenvalue weighted by molar-refractivity contribution is 0.221. The zero-order valence-electron chi connectivity index (χ0n) is 11.8. The van der Waals surface area contributed by atoms with Crippen molar-refractivity contribution in [3.63, 3.8) is 0 Å². The minimum atomic E-state index is 0.310. The van der Waals surface area contributed by atoms with Crippen LogP contribution in [-0.2, 0) is 0 Å². The van der Waals surface area contributed by atoms with Gasteiger partial charge in [0.15, 0.2) is 0 Å². The Labute approximate surface area is 130 Å². The molecule has 0 saturated heterocycles. The van der Waals surface area contributed by atoms with Gasteiger partial charge in [-0.3, -0.25) is 0 Å². The molecule has 1 aliphatic carbocycles. The minimum absolute atomic E-state index is 0.310. The van der Waals surface area contributed by atoms with Gasteiger partial charge in [-0.1, -0.05) is 43.0 Å². The van der Waals surface area contributed by atoms with Crippen LogP contribution in [0.25, 0.3) is 0 Å². The maximum atomic E-state index is 6.24. The van der Waals surface area contributed by atoms with Crippen molar-refractivity contribution in [2.75, 3.05) is 6.61 Å². The molecule has 1 N–H and O–H groups in total. The van der Waals surface area contributed by atoms with E-state index in [4.69, 9.17) is 27.9 Å². The van der Waals surface area contributed by atoms with E-state index in [-0.39, 0.29) is 0 Å². The summed E-state index contributed by atoms with van der Waals surface area (Å²) in [5, 5.41) is 5.11. The first-order valence-corrected chi connectivity index (χ1v) is 8.27. The van der Waals surface area contributed by atoms with Crippen molar-refractivity contribution in [3.8, 4) is 5.75 Å². The SMILES string of the molecule is CC1CCCC(NC2CCOc3c(Cl)cc(Cl)cc32)C1. The Bertz CT molecular complexity index is 492. The molecule has 0 bridgehead atoms. The summed E-state index contributed by atoms with van der Waals surface area (Å²) in [4.78, 5) is 0. The third-order valence-corrected chi connectivity index (χ3v) is 4.94. The third-order valence-electron chi connectivity index (χ3n) is 4.44. The number of benzene rings is 1. The molecule has 4 heteroatoms. The van der Waals surface area contributed by atoms with Crippen molar-refractivity contribution >= 4 is 23.2 Å². The molecule has 1 aliphatic heterocycles. The van der Waals surface area contributed by atoms with Crippen LogP contribution in [0.1, 0.15) is 50.6 Å². The first-order chi connectivity index (χ1) is 9.63. The normalized spacial score (nSPS) is 29.6. The molecule has 1 aromatic rings. The molecule has 0 aromatic heterocycles. The van der Waals surface area contributed by atoms with Crippen LogP contribution < -0.4 is 10.1 Å². The molecular weight excluding hydrogens is 293 g/mol. The van der Waals surface area contributed by atoms with E-state index in [1.165, 1.54) is 25.7 Å². The summed E-state index contributed by atoms with van der Waals surface area (Å²) in [6, 6.07) is 4.66. The lowest BCUT2D eigenvalue weighted by atomic mass is 9.86. The first-order valence-electron chi connectivity index (χ1n) is 7.51. The van der Waals surface area contributed by atoms with Crippen LogP contribution in [0.5, 0.6) is 5.75 Å². The summed E-state index contributed by atoms with van der Waals surface area (Å²) in [5.41, 5.74) is 1.12. The Morgan fingerprint density at radius 1 is 1.20 bits per heavy atom. The van der Waals surface area contributed by atoms with E-state index in [1.54, 1.807) is 6.07 Å². The molecule has 110 valence electrons. The van der Waals surface area contributed by atoms with Gasteiger partial charge in [0.25, 0.3) is 0 Å². The Morgan fingerprint density at radius 2 is 2.05 bits per heavy atom. The van der Waals surface area contributed by atoms with E-state index < -0.39 is 0 Å². The molecule has 1 aromatic carbocycles. The molecule has 20 heavy (non-hydrogen) atoms. The number of nitrogens with one attached hydrogen (secondary N) is 1. The van der Waals surface area contributed by atoms with Gasteiger partial charge in [-0.15, -0.1) is 0 Å². The van der Waals surface area contributed by atoms with Crippen molar-refractivity contribution in [1.82, 2.24) is 5.32 Å². The molecule has 0 radical (unpaired) electrons. The molecule has 0 spiro atoms. The van der Waals surface area contributed by atoms with Gasteiger partial charge in [-0.05, 0) is 30.9 Å². The van der Waals surface area contributed by atoms with Crippen LogP contribution in [0.3, 0.4) is 0 Å². The molecule has 2 nitrogen and oxygen atoms in total. The van der Waals surface area contributed by atoms with Gasteiger partial charge in [0.05, 0.1) is 11.6 Å². The van der Waals surface area contributed by atoms with E-state index in [0.717, 1.165) is 23.7 Å². The fourth-order valence-corrected chi connectivity index (χ4v) is 4.03. The summed E-state index contributed by atoms with van der Waals surface area (Å²) >= 11 is 12.4. The van der Waals surface area contributed by atoms with Crippen LogP contribution in [0.15, 0.2) is 12.1 Å². The van der Waals surface area contributed by atoms with Gasteiger partial charge in [0.1, 0.15) is 5.75 Å². The fraction of sp³-hybridized carbons (Fsp3) is 0.625. The van der Waals surface area contributed by atoms with Gasteiger partial charge in [-0.2, -0.15) is 0 Å². The molecule has 1 fully saturated rings. The lowest BCUT2D eigenvalue weighted by Crippen LogP contribution is -2.38. The zero-order chi connectivity index (χ0) is 14.1. The molecule has 1 saturated carbocycles. The molecule has 3 atom stereocenters. The smallest absolute Gasteiger partial charge is 0.142 e. The summed E-state index contributed by atoms with van der Waals surface area (Å²) in [6.45, 7) is 3.06. The molecule has 2 aliphatic rings. The van der Waals surface area contributed by atoms with Crippen LogP contribution in [0.2, 0.25) is 10.0 Å². The number of halogens is 2. The largest absolute Gasteiger partial charge is 0.492 e. The molecule has 1 heterocycles. The second kappa shape index (κ2) is 6.13. The summed E-state index contributed by atoms with van der Waals surface area (Å²) in [7, 11) is 0. The maximum Gasteiger partial charge on any atom is 0.142 e. The van der Waals surface area contributed by atoms with Crippen molar-refractivity contribution in [2.45, 2.75) is 51.1 Å². The van der Waals surface area contributed by atoms with Crippen LogP contribution in [0, 0.1) is 5.92 Å². The van der Waals surface area contributed by atoms with Crippen molar-refractivity contribution < 1.29 is 4.74 Å². The van der Waals surface area contributed by atoms with E-state index in [1.807, 2.05) is 6.07 Å². The standard InChI is InChI=1S/C16H21Cl2NO/c1-10-3-2-4-12(7-10)19-15-5-6-20-16-13(15)8-11(17)9-14(16)18/h8-10,12,15,19H,2-7H2,1H3. The first kappa shape index (κ1) is 14.5. The summed E-state index contributed by atoms with van der Waals surface area (Å²) < 4.78 is 5.72. The summed E-state index contributed by atoms with van der Waals surface area (Å²) in [5.74, 6) is 1.63. The molecular formula is C16H21Cl2NO. The lowest BCUT2D eigenvalue weighted by Gasteiger charge is -2.34. The zero-order valence-corrected chi connectivity index (χ0v) is 13.3. The Morgan fingerprint density at radius 3 is 2.85 bits per heavy atom. The van der Waals surface area contributed by atoms with Crippen molar-refractivity contribution in [2.24, 2.45) is 5.92 Å². The van der Waals surface area contributed by atoms with Gasteiger partial charge in [-0.25, -0.2) is 0 Å². The topological polar surface area (TPSA) is 21.3 Å². The maximum absolute atomic E-state index is 6.24. The van der Waals surface area contributed by atoms with Crippen LogP contribution >= 0.6 is 23.2 Å². The Balaban J connectivity index is 1.79. The number of rotatable bonds is 2. The minimum Gasteiger partial charge on any atom is -0.492 e. The quantitative estimate of drug-likeness (QED) is 0.831. The van der Waals surface area contributed by atoms with Gasteiger partial charge in [0, 0.05) is 29.1 Å². The molecule has 3 rings (SSSR count). The number of hydrogen-bond donors (Lipinski definition) is 1. The monoisotopic (exact) mass is 313 g/mol. The predicted octanol–water partition coefficient (Wildman–Crippen LogP) is 4.99. The van der Waals surface area contributed by atoms with Gasteiger partial charge in [0.2, 0.25) is 0 Å². The highest BCUT2D eigenvalue weighted by Gasteiger charge is 2.28. The second-order valence-electron chi connectivity index (χ2n) is 6.13. The van der Waals surface area contributed by atoms with Crippen LogP contribution in [-0.4, -0.2) is 12.6 Å². The van der Waals surface area contributed by atoms with E-state index in [0.29, 0.717) is 28.7 Å². The molecule has 3 unspecified atom stereocenters. The van der Waals surface area contributed by atoms with Crippen LogP contribution in [0.4, 0.5) is 0 Å². The average molecular weight is 314 g/mol. The van der Waals surface area contributed by atoms with Gasteiger partial charge >= 0.3 is 0 Å².